The number of hydrogen-bond acceptors (Lipinski definition) is 8. The zero-order valence-corrected chi connectivity index (χ0v) is 22.2. The number of para-hydroxylation sites is 1. The molecule has 198 valence electrons. The first kappa shape index (κ1) is 27.1. The maximum atomic E-state index is 13.1. The number of carbonyl (C=O) groups is 2. The van der Waals surface area contributed by atoms with E-state index in [1.807, 2.05) is 18.2 Å². The third-order valence-corrected chi connectivity index (χ3v) is 6.19. The largest absolute Gasteiger partial charge is 0.508 e. The Morgan fingerprint density at radius 3 is 2.63 bits per heavy atom. The molecular weight excluding hydrogens is 607 g/mol. The Hall–Kier alpha value is -3.97. The highest BCUT2D eigenvalue weighted by atomic mass is 127. The molecule has 1 aliphatic heterocycles. The van der Waals surface area contributed by atoms with E-state index in [9.17, 15) is 14.7 Å². The Morgan fingerprint density at radius 1 is 1.05 bits per heavy atom. The van der Waals surface area contributed by atoms with Gasteiger partial charge in [-0.2, -0.15) is 0 Å². The molecule has 0 fully saturated rings. The number of benzene rings is 3. The number of phenols is 1. The van der Waals surface area contributed by atoms with E-state index in [0.29, 0.717) is 41.3 Å². The van der Waals surface area contributed by atoms with Crippen molar-refractivity contribution in [3.8, 4) is 23.0 Å². The van der Waals surface area contributed by atoms with E-state index in [2.05, 4.69) is 27.9 Å². The third-order valence-electron chi connectivity index (χ3n) is 5.51. The summed E-state index contributed by atoms with van der Waals surface area (Å²) in [6.45, 7) is 0.101. The van der Waals surface area contributed by atoms with Gasteiger partial charge in [0, 0.05) is 27.0 Å². The van der Waals surface area contributed by atoms with Crippen molar-refractivity contribution in [2.24, 2.45) is 0 Å². The second-order valence-corrected chi connectivity index (χ2v) is 9.39. The molecule has 0 aliphatic carbocycles. The molecule has 4 rings (SSSR count). The summed E-state index contributed by atoms with van der Waals surface area (Å²) in [6.07, 6.45) is 0.834. The molecule has 0 aromatic heterocycles. The Kier molecular flexibility index (Phi) is 9.27. The number of fused-ring (bicyclic) bond motifs is 1. The summed E-state index contributed by atoms with van der Waals surface area (Å²) < 4.78 is 23.6. The molecule has 0 unspecified atom stereocenters. The van der Waals surface area contributed by atoms with Crippen LogP contribution in [0.5, 0.6) is 23.0 Å². The van der Waals surface area contributed by atoms with Crippen molar-refractivity contribution in [2.75, 3.05) is 12.1 Å². The van der Waals surface area contributed by atoms with Crippen LogP contribution in [0.25, 0.3) is 0 Å². The quantitative estimate of drug-likeness (QED) is 0.102. The molecule has 1 heterocycles. The fourth-order valence-corrected chi connectivity index (χ4v) is 4.28. The number of carbonyl (C=O) groups excluding carboxylic acids is 2. The highest BCUT2D eigenvalue weighted by molar-refractivity contribution is 14.1. The molecule has 4 N–H and O–H groups in total. The van der Waals surface area contributed by atoms with Crippen LogP contribution in [-0.2, 0) is 9.53 Å². The lowest BCUT2D eigenvalue weighted by atomic mass is 9.99. The van der Waals surface area contributed by atoms with E-state index in [0.717, 1.165) is 3.57 Å². The fourth-order valence-electron chi connectivity index (χ4n) is 3.76. The highest BCUT2D eigenvalue weighted by Crippen LogP contribution is 2.36. The van der Waals surface area contributed by atoms with Crippen LogP contribution in [0.4, 0.5) is 10.5 Å². The van der Waals surface area contributed by atoms with E-state index in [4.69, 9.17) is 24.2 Å². The van der Waals surface area contributed by atoms with Gasteiger partial charge in [0.2, 0.25) is 6.79 Å². The second kappa shape index (κ2) is 13.0. The van der Waals surface area contributed by atoms with Crippen molar-refractivity contribution in [1.29, 1.82) is 0 Å². The molecule has 10 nitrogen and oxygen atoms in total. The van der Waals surface area contributed by atoms with Crippen LogP contribution in [-0.4, -0.2) is 35.2 Å². The van der Waals surface area contributed by atoms with E-state index in [-0.39, 0.29) is 12.5 Å². The van der Waals surface area contributed by atoms with Crippen molar-refractivity contribution < 1.29 is 38.9 Å². The fraction of sp³-hybridized carbons (Fsp3) is 0.185. The van der Waals surface area contributed by atoms with Gasteiger partial charge in [-0.3, -0.25) is 15.3 Å². The summed E-state index contributed by atoms with van der Waals surface area (Å²) in [5.41, 5.74) is 2.33. The van der Waals surface area contributed by atoms with Crippen LogP contribution < -0.4 is 25.0 Å². The summed E-state index contributed by atoms with van der Waals surface area (Å²) in [6, 6.07) is 18.9. The second-order valence-electron chi connectivity index (χ2n) is 8.15. The monoisotopic (exact) mass is 632 g/mol. The number of nitrogens with one attached hydrogen (secondary N) is 2. The minimum absolute atomic E-state index is 0.0665. The van der Waals surface area contributed by atoms with Gasteiger partial charge in [0.15, 0.2) is 17.6 Å². The zero-order valence-electron chi connectivity index (χ0n) is 20.0. The molecule has 0 saturated carbocycles. The maximum absolute atomic E-state index is 13.1. The van der Waals surface area contributed by atoms with Gasteiger partial charge in [-0.1, -0.05) is 24.3 Å². The summed E-state index contributed by atoms with van der Waals surface area (Å²) in [5, 5.41) is 22.1. The summed E-state index contributed by atoms with van der Waals surface area (Å²) >= 11 is 2.10. The van der Waals surface area contributed by atoms with Crippen molar-refractivity contribution in [3.05, 3.63) is 88.0 Å². The van der Waals surface area contributed by atoms with Crippen LogP contribution in [0, 0.1) is 3.57 Å². The molecule has 0 radical (unpaired) electrons. The highest BCUT2D eigenvalue weighted by Gasteiger charge is 2.31. The molecule has 0 spiro atoms. The van der Waals surface area contributed by atoms with Gasteiger partial charge < -0.3 is 24.1 Å². The predicted octanol–water partition coefficient (Wildman–Crippen LogP) is 5.30. The lowest BCUT2D eigenvalue weighted by Gasteiger charge is -2.28. The van der Waals surface area contributed by atoms with E-state index < -0.39 is 24.2 Å². The number of hydroxylamine groups is 1. The first-order chi connectivity index (χ1) is 18.4. The Labute approximate surface area is 232 Å². The lowest BCUT2D eigenvalue weighted by Crippen LogP contribution is -2.31. The van der Waals surface area contributed by atoms with E-state index in [1.54, 1.807) is 48.5 Å². The zero-order chi connectivity index (χ0) is 26.9. The van der Waals surface area contributed by atoms with E-state index >= 15 is 0 Å². The van der Waals surface area contributed by atoms with Gasteiger partial charge in [-0.15, -0.1) is 0 Å². The molecule has 3 aromatic rings. The number of amides is 2. The van der Waals surface area contributed by atoms with Gasteiger partial charge in [0.25, 0.3) is 5.91 Å². The predicted molar refractivity (Wildman–Crippen MR) is 145 cm³/mol. The minimum atomic E-state index is -1.03. The number of halogens is 1. The minimum Gasteiger partial charge on any atom is -0.508 e. The molecule has 1 aliphatic rings. The van der Waals surface area contributed by atoms with Crippen LogP contribution >= 0.6 is 22.6 Å². The van der Waals surface area contributed by atoms with Gasteiger partial charge >= 0.3 is 6.09 Å². The normalized spacial score (nSPS) is 13.5. The standard InChI is InChI=1S/C27H25IN2O8/c28-17-10-12-21(31)20(14-17)26(38-27(33)29-18-11-13-22-24(15-18)36-16-35-22)23(8-4-5-9-25(32)30-34)37-19-6-2-1-3-7-19/h1-3,5-7,9-15,23,26,31,34H,4,8,16H2,(H,29,33)(H,30,32)/b9-5+/t23-,26-/m0/s1. The van der Waals surface area contributed by atoms with Crippen LogP contribution in [0.3, 0.4) is 0 Å². The van der Waals surface area contributed by atoms with Crippen molar-refractivity contribution in [3.63, 3.8) is 0 Å². The molecule has 38 heavy (non-hydrogen) atoms. The van der Waals surface area contributed by atoms with Gasteiger partial charge in [-0.25, -0.2) is 10.3 Å². The summed E-state index contributed by atoms with van der Waals surface area (Å²) in [4.78, 5) is 24.4. The lowest BCUT2D eigenvalue weighted by molar-refractivity contribution is -0.124. The smallest absolute Gasteiger partial charge is 0.412 e. The number of phenolic OH excluding ortho intramolecular Hbond substituents is 1. The first-order valence-corrected chi connectivity index (χ1v) is 12.7. The molecular formula is C27H25IN2O8. The van der Waals surface area contributed by atoms with Crippen LogP contribution in [0.15, 0.2) is 78.9 Å². The van der Waals surface area contributed by atoms with Crippen molar-refractivity contribution >= 4 is 40.3 Å². The Bertz CT molecular complexity index is 1300. The van der Waals surface area contributed by atoms with Crippen molar-refractivity contribution in [2.45, 2.75) is 25.0 Å². The number of rotatable bonds is 10. The number of hydrogen-bond donors (Lipinski definition) is 4. The molecule has 2 amide bonds. The third kappa shape index (κ3) is 7.29. The number of aromatic hydroxyl groups is 1. The van der Waals surface area contributed by atoms with Crippen LogP contribution in [0.2, 0.25) is 0 Å². The Morgan fingerprint density at radius 2 is 1.84 bits per heavy atom. The molecule has 11 heteroatoms. The summed E-state index contributed by atoms with van der Waals surface area (Å²) in [5.74, 6) is 0.868. The summed E-state index contributed by atoms with van der Waals surface area (Å²) in [7, 11) is 0. The number of ether oxygens (including phenoxy) is 4. The molecule has 3 aromatic carbocycles. The molecule has 2 atom stereocenters. The maximum Gasteiger partial charge on any atom is 0.412 e. The first-order valence-electron chi connectivity index (χ1n) is 11.6. The number of anilines is 1. The average Bonchev–Trinajstić information content (AvgIpc) is 3.39. The topological polar surface area (TPSA) is 136 Å². The molecule has 0 saturated heterocycles. The van der Waals surface area contributed by atoms with Crippen LogP contribution in [0.1, 0.15) is 24.5 Å². The van der Waals surface area contributed by atoms with Gasteiger partial charge in [-0.05, 0) is 77.9 Å². The van der Waals surface area contributed by atoms with Gasteiger partial charge in [0.05, 0.1) is 0 Å². The van der Waals surface area contributed by atoms with E-state index in [1.165, 1.54) is 17.6 Å². The Balaban J connectivity index is 1.61. The SMILES string of the molecule is O=C(/C=C/CC[C@H](Oc1ccccc1)[C@@H](OC(=O)Nc1ccc2c(c1)OCO2)c1cc(I)ccc1O)NO. The molecule has 0 bridgehead atoms. The van der Waals surface area contributed by atoms with Crippen molar-refractivity contribution in [1.82, 2.24) is 5.48 Å². The number of allylic oxidation sites excluding steroid dienone is 1. The average molecular weight is 632 g/mol. The van der Waals surface area contributed by atoms with Gasteiger partial charge in [0.1, 0.15) is 17.6 Å².